The van der Waals surface area contributed by atoms with Crippen LogP contribution < -0.4 is 4.80 Å². The van der Waals surface area contributed by atoms with Gasteiger partial charge in [-0.3, -0.25) is 4.79 Å². The molecule has 226 valence electrons. The van der Waals surface area contributed by atoms with E-state index in [0.717, 1.165) is 58.5 Å². The van der Waals surface area contributed by atoms with Gasteiger partial charge in [-0.05, 0) is 53.8 Å². The highest BCUT2D eigenvalue weighted by atomic mass is 32.1. The van der Waals surface area contributed by atoms with Crippen LogP contribution >= 0.6 is 11.3 Å². The molecule has 3 aromatic carbocycles. The quantitative estimate of drug-likeness (QED) is 0.136. The van der Waals surface area contributed by atoms with Crippen molar-refractivity contribution < 1.29 is 23.1 Å². The molecule has 5 rings (SSSR count). The number of aromatic amines is 1. The van der Waals surface area contributed by atoms with Gasteiger partial charge < -0.3 is 9.30 Å². The van der Waals surface area contributed by atoms with Gasteiger partial charge in [0.25, 0.3) is 5.91 Å². The molecule has 0 aliphatic carbocycles. The Bertz CT molecular complexity index is 1830. The van der Waals surface area contributed by atoms with Crippen LogP contribution in [0.3, 0.4) is 0 Å². The zero-order valence-corrected chi connectivity index (χ0v) is 25.0. The summed E-state index contributed by atoms with van der Waals surface area (Å²) in [5.74, 6) is -2.73. The van der Waals surface area contributed by atoms with E-state index >= 15 is 0 Å². The van der Waals surface area contributed by atoms with Gasteiger partial charge in [0, 0.05) is 16.5 Å². The van der Waals surface area contributed by atoms with E-state index in [-0.39, 0.29) is 23.5 Å². The van der Waals surface area contributed by atoms with Crippen LogP contribution in [0.5, 0.6) is 0 Å². The number of aryl methyl sites for hydroxylation is 1. The molecular formula is C32H30F2N6O3S. The number of thiazole rings is 1. The summed E-state index contributed by atoms with van der Waals surface area (Å²) in [7, 11) is 0. The molecule has 1 amide bonds. The van der Waals surface area contributed by atoms with Gasteiger partial charge in [0.1, 0.15) is 17.3 Å². The second-order valence-corrected chi connectivity index (χ2v) is 11.0. The molecule has 0 unspecified atom stereocenters. The minimum Gasteiger partial charge on any atom is -0.461 e. The Labute approximate surface area is 256 Å². The van der Waals surface area contributed by atoms with E-state index in [2.05, 4.69) is 32.5 Å². The number of ether oxygens (including phenoxy) is 1. The molecule has 0 bridgehead atoms. The summed E-state index contributed by atoms with van der Waals surface area (Å²) in [5.41, 5.74) is 3.43. The first-order chi connectivity index (χ1) is 21.4. The SMILES string of the molecule is CCCCCc1sc(=NC(=O)c2ccc(F)cc2F)n(Cc2ccc(-c3ccccc3-c3nn[nH]n3)cc2)c1C(=O)OCC. The highest BCUT2D eigenvalue weighted by Gasteiger charge is 2.23. The number of aromatic nitrogens is 5. The van der Waals surface area contributed by atoms with Crippen LogP contribution in [0.25, 0.3) is 22.5 Å². The molecule has 1 N–H and O–H groups in total. The summed E-state index contributed by atoms with van der Waals surface area (Å²) in [5, 5.41) is 14.4. The van der Waals surface area contributed by atoms with Crippen molar-refractivity contribution in [3.63, 3.8) is 0 Å². The molecule has 9 nitrogen and oxygen atoms in total. The number of hydrogen-bond donors (Lipinski definition) is 1. The molecular weight excluding hydrogens is 586 g/mol. The van der Waals surface area contributed by atoms with Crippen LogP contribution in [0.1, 0.15) is 64.4 Å². The number of nitrogens with one attached hydrogen (secondary N) is 1. The third-order valence-electron chi connectivity index (χ3n) is 6.93. The number of hydrogen-bond acceptors (Lipinski definition) is 7. The number of unbranched alkanes of at least 4 members (excludes halogenated alkanes) is 2. The lowest BCUT2D eigenvalue weighted by Crippen LogP contribution is -2.24. The highest BCUT2D eigenvalue weighted by molar-refractivity contribution is 7.09. The first-order valence-corrected chi connectivity index (χ1v) is 15.1. The molecule has 0 radical (unpaired) electrons. The molecule has 2 aromatic heterocycles. The Morgan fingerprint density at radius 3 is 2.45 bits per heavy atom. The van der Waals surface area contributed by atoms with Crippen LogP contribution in [0, 0.1) is 11.6 Å². The fraction of sp³-hybridized carbons (Fsp3) is 0.250. The Balaban J connectivity index is 1.56. The molecule has 0 saturated heterocycles. The molecule has 0 aliphatic heterocycles. The Morgan fingerprint density at radius 1 is 1.00 bits per heavy atom. The van der Waals surface area contributed by atoms with E-state index in [1.54, 1.807) is 11.5 Å². The largest absolute Gasteiger partial charge is 0.461 e. The number of esters is 1. The number of amides is 1. The first-order valence-electron chi connectivity index (χ1n) is 14.3. The lowest BCUT2D eigenvalue weighted by molar-refractivity contribution is 0.0512. The number of carbonyl (C=O) groups excluding carboxylic acids is 2. The predicted molar refractivity (Wildman–Crippen MR) is 162 cm³/mol. The summed E-state index contributed by atoms with van der Waals surface area (Å²) in [6, 6.07) is 18.2. The van der Waals surface area contributed by atoms with Crippen LogP contribution in [0.2, 0.25) is 0 Å². The van der Waals surface area contributed by atoms with Gasteiger partial charge in [0.15, 0.2) is 4.80 Å². The van der Waals surface area contributed by atoms with Gasteiger partial charge in [-0.1, -0.05) is 68.3 Å². The normalized spacial score (nSPS) is 11.6. The standard InChI is InChI=1S/C32H30F2N6O3S/c1-3-5-6-11-27-28(31(42)43-4-2)40(32(44-27)35-30(41)25-17-16-22(33)18-26(25)34)19-20-12-14-21(15-13-20)23-9-7-8-10-24(23)29-36-38-39-37-29/h7-10,12-18H,3-6,11,19H2,1-2H3,(H,36,37,38,39). The van der Waals surface area contributed by atoms with Crippen molar-refractivity contribution in [3.8, 4) is 22.5 Å². The number of halogens is 2. The Kier molecular flexibility index (Phi) is 9.80. The molecule has 44 heavy (non-hydrogen) atoms. The van der Waals surface area contributed by atoms with Crippen LogP contribution in [0.4, 0.5) is 8.78 Å². The molecule has 2 heterocycles. The topological polar surface area (TPSA) is 115 Å². The fourth-order valence-corrected chi connectivity index (χ4v) is 5.96. The highest BCUT2D eigenvalue weighted by Crippen LogP contribution is 2.30. The van der Waals surface area contributed by atoms with Crippen molar-refractivity contribution in [1.82, 2.24) is 25.2 Å². The lowest BCUT2D eigenvalue weighted by Gasteiger charge is -2.12. The maximum absolute atomic E-state index is 14.5. The van der Waals surface area contributed by atoms with E-state index in [0.29, 0.717) is 24.0 Å². The van der Waals surface area contributed by atoms with Crippen molar-refractivity contribution in [2.45, 2.75) is 46.1 Å². The number of benzene rings is 3. The monoisotopic (exact) mass is 616 g/mol. The average molecular weight is 617 g/mol. The third-order valence-corrected chi connectivity index (χ3v) is 8.07. The maximum atomic E-state index is 14.5. The first kappa shape index (κ1) is 30.6. The van der Waals surface area contributed by atoms with Crippen molar-refractivity contribution in [1.29, 1.82) is 0 Å². The molecule has 5 aromatic rings. The predicted octanol–water partition coefficient (Wildman–Crippen LogP) is 6.37. The zero-order valence-electron chi connectivity index (χ0n) is 24.2. The van der Waals surface area contributed by atoms with Crippen molar-refractivity contribution in [2.24, 2.45) is 4.99 Å². The van der Waals surface area contributed by atoms with Gasteiger partial charge >= 0.3 is 5.97 Å². The summed E-state index contributed by atoms with van der Waals surface area (Å²) in [6.45, 7) is 4.18. The van der Waals surface area contributed by atoms with E-state index in [4.69, 9.17) is 4.74 Å². The van der Waals surface area contributed by atoms with E-state index < -0.39 is 23.5 Å². The number of nitrogens with zero attached hydrogens (tertiary/aromatic N) is 5. The molecule has 0 saturated carbocycles. The van der Waals surface area contributed by atoms with E-state index in [9.17, 15) is 18.4 Å². The second kappa shape index (κ2) is 14.1. The van der Waals surface area contributed by atoms with Gasteiger partial charge in [-0.15, -0.1) is 21.5 Å². The number of tetrazole rings is 1. The maximum Gasteiger partial charge on any atom is 0.356 e. The van der Waals surface area contributed by atoms with Gasteiger partial charge in [0.2, 0.25) is 5.82 Å². The van der Waals surface area contributed by atoms with Crippen LogP contribution in [-0.2, 0) is 17.7 Å². The summed E-state index contributed by atoms with van der Waals surface area (Å²) in [4.78, 5) is 31.5. The summed E-state index contributed by atoms with van der Waals surface area (Å²) < 4.78 is 35.0. The van der Waals surface area contributed by atoms with Gasteiger partial charge in [0.05, 0.1) is 18.7 Å². The van der Waals surface area contributed by atoms with E-state index in [1.807, 2.05) is 48.5 Å². The summed E-state index contributed by atoms with van der Waals surface area (Å²) >= 11 is 1.20. The Morgan fingerprint density at radius 2 is 1.77 bits per heavy atom. The molecule has 12 heteroatoms. The summed E-state index contributed by atoms with van der Waals surface area (Å²) in [6.07, 6.45) is 3.37. The van der Waals surface area contributed by atoms with Crippen LogP contribution in [0.15, 0.2) is 71.7 Å². The number of carbonyl (C=O) groups is 2. The molecule has 0 aliphatic rings. The number of rotatable bonds is 11. The van der Waals surface area contributed by atoms with Crippen molar-refractivity contribution in [2.75, 3.05) is 6.61 Å². The molecule has 0 atom stereocenters. The minimum atomic E-state index is -1.01. The fourth-order valence-electron chi connectivity index (χ4n) is 4.81. The average Bonchev–Trinajstić information content (AvgIpc) is 3.67. The molecule has 0 fully saturated rings. The van der Waals surface area contributed by atoms with Crippen molar-refractivity contribution in [3.05, 3.63) is 105 Å². The van der Waals surface area contributed by atoms with Crippen LogP contribution in [-0.4, -0.2) is 43.7 Å². The Hall–Kier alpha value is -4.84. The lowest BCUT2D eigenvalue weighted by atomic mass is 9.98. The number of H-pyrrole nitrogens is 1. The van der Waals surface area contributed by atoms with Crippen molar-refractivity contribution >= 4 is 23.2 Å². The minimum absolute atomic E-state index is 0.170. The van der Waals surface area contributed by atoms with Gasteiger partial charge in [-0.2, -0.15) is 10.2 Å². The smallest absolute Gasteiger partial charge is 0.356 e. The van der Waals surface area contributed by atoms with Gasteiger partial charge in [-0.25, -0.2) is 13.6 Å². The zero-order chi connectivity index (χ0) is 31.1. The van der Waals surface area contributed by atoms with E-state index in [1.165, 1.54) is 11.3 Å². The molecule has 0 spiro atoms. The second-order valence-electron chi connectivity index (χ2n) is 9.94. The third kappa shape index (κ3) is 6.86.